The van der Waals surface area contributed by atoms with E-state index in [4.69, 9.17) is 40.2 Å². The molecule has 0 spiro atoms. The summed E-state index contributed by atoms with van der Waals surface area (Å²) in [6, 6.07) is 0. The highest BCUT2D eigenvalue weighted by Crippen LogP contribution is 2.29. The van der Waals surface area contributed by atoms with Crippen molar-refractivity contribution in [2.45, 2.75) is 0 Å². The van der Waals surface area contributed by atoms with Gasteiger partial charge in [0.15, 0.2) is 0 Å². The third-order valence-corrected chi connectivity index (χ3v) is 2.64. The van der Waals surface area contributed by atoms with E-state index in [1.165, 1.54) is 0 Å². The lowest BCUT2D eigenvalue weighted by molar-refractivity contribution is -0.877. The predicted molar refractivity (Wildman–Crippen MR) is 68.7 cm³/mol. The Labute approximate surface area is 109 Å². The maximum absolute atomic E-state index is 7.02. The van der Waals surface area contributed by atoms with Crippen molar-refractivity contribution < 1.29 is 4.59 Å². The van der Waals surface area contributed by atoms with Gasteiger partial charge in [-0.3, -0.25) is 5.41 Å². The maximum atomic E-state index is 7.02. The van der Waals surface area contributed by atoms with Gasteiger partial charge in [0.2, 0.25) is 5.84 Å². The van der Waals surface area contributed by atoms with Gasteiger partial charge in [0.25, 0.3) is 0 Å². The fraction of sp³-hybridized carbons (Fsp3) is 0.333. The normalized spacial score (nSPS) is 20.0. The molecule has 1 aliphatic heterocycles. The molecule has 1 rings (SSSR count). The summed E-state index contributed by atoms with van der Waals surface area (Å²) >= 11 is 17.7. The van der Waals surface area contributed by atoms with E-state index in [1.807, 2.05) is 21.1 Å². The summed E-state index contributed by atoms with van der Waals surface area (Å²) in [6.07, 6.45) is 0. The molecule has 1 aliphatic rings. The summed E-state index contributed by atoms with van der Waals surface area (Å²) in [4.78, 5) is 3.97. The number of nitrogens with zero attached hydrogens (tertiary/aromatic N) is 3. The molecule has 0 bridgehead atoms. The molecule has 0 aliphatic carbocycles. The second-order valence-corrected chi connectivity index (χ2v) is 5.01. The molecular weight excluding hydrogens is 270 g/mol. The van der Waals surface area contributed by atoms with Crippen LogP contribution < -0.4 is 0 Å². The van der Waals surface area contributed by atoms with Crippen LogP contribution in [0.1, 0.15) is 0 Å². The number of hydrogen-bond donors (Lipinski definition) is 1. The van der Waals surface area contributed by atoms with Crippen LogP contribution in [0.3, 0.4) is 0 Å². The minimum atomic E-state index is 0.0663. The lowest BCUT2D eigenvalue weighted by Crippen LogP contribution is -2.29. The lowest BCUT2D eigenvalue weighted by atomic mass is 10.2. The van der Waals surface area contributed by atoms with Crippen molar-refractivity contribution in [1.29, 1.82) is 5.41 Å². The van der Waals surface area contributed by atoms with Gasteiger partial charge in [-0.1, -0.05) is 39.9 Å². The molecule has 7 heteroatoms. The molecule has 0 unspecified atom stereocenters. The topological polar surface area (TPSA) is 48.6 Å². The summed E-state index contributed by atoms with van der Waals surface area (Å²) in [5.74, 6) is 2.34. The summed E-state index contributed by atoms with van der Waals surface area (Å²) < 4.78 is 0.285. The van der Waals surface area contributed by atoms with Crippen molar-refractivity contribution in [1.82, 2.24) is 0 Å². The number of quaternary nitrogens is 1. The standard InChI is InChI=1S/C9H10Cl3N4/c1-16(2,3)15-9-7(11)6(10)5(4-13)8(12)14-9/h13H,1-3H3/q+1/b15-9-. The lowest BCUT2D eigenvalue weighted by Gasteiger charge is -2.18. The van der Waals surface area contributed by atoms with Gasteiger partial charge in [0.1, 0.15) is 10.2 Å². The van der Waals surface area contributed by atoms with E-state index >= 15 is 0 Å². The van der Waals surface area contributed by atoms with Crippen molar-refractivity contribution >= 4 is 51.7 Å². The molecule has 0 aromatic rings. The van der Waals surface area contributed by atoms with Crippen LogP contribution in [0.15, 0.2) is 25.7 Å². The SMILES string of the molecule is C[N+](C)(C)/N=C1\N=C(Cl)C(=C=N)C(Cl)=C1Cl. The van der Waals surface area contributed by atoms with Crippen LogP contribution in [0.4, 0.5) is 0 Å². The van der Waals surface area contributed by atoms with Gasteiger partial charge in [0, 0.05) is 0 Å². The van der Waals surface area contributed by atoms with Crippen LogP contribution in [0, 0.1) is 5.41 Å². The van der Waals surface area contributed by atoms with Crippen molar-refractivity contribution in [3.05, 3.63) is 15.6 Å². The first kappa shape index (κ1) is 13.4. The molecule has 0 aromatic heterocycles. The van der Waals surface area contributed by atoms with E-state index in [-0.39, 0.29) is 31.2 Å². The fourth-order valence-electron chi connectivity index (χ4n) is 0.953. The molecular formula is C9H10Cl3N4+. The van der Waals surface area contributed by atoms with Gasteiger partial charge in [-0.25, -0.2) is 9.58 Å². The maximum Gasteiger partial charge on any atom is 0.229 e. The fourth-order valence-corrected chi connectivity index (χ4v) is 1.62. The zero-order valence-corrected chi connectivity index (χ0v) is 11.2. The number of halogens is 3. The van der Waals surface area contributed by atoms with Crippen molar-refractivity contribution in [3.63, 3.8) is 0 Å². The summed E-state index contributed by atoms with van der Waals surface area (Å²) in [5.41, 5.74) is 0.175. The second-order valence-electron chi connectivity index (χ2n) is 3.90. The quantitative estimate of drug-likeness (QED) is 0.436. The molecule has 0 amide bonds. The van der Waals surface area contributed by atoms with Gasteiger partial charge in [-0.05, 0) is 5.87 Å². The summed E-state index contributed by atoms with van der Waals surface area (Å²) in [5, 5.41) is 11.6. The molecule has 1 N–H and O–H groups in total. The monoisotopic (exact) mass is 279 g/mol. The Bertz CT molecular complexity index is 462. The predicted octanol–water partition coefficient (Wildman–Crippen LogP) is 2.52. The number of hydrogen-bond acceptors (Lipinski definition) is 2. The molecule has 86 valence electrons. The van der Waals surface area contributed by atoms with E-state index in [1.54, 1.807) is 0 Å². The largest absolute Gasteiger partial charge is 0.258 e. The Hall–Kier alpha value is -0.640. The van der Waals surface area contributed by atoms with Crippen LogP contribution >= 0.6 is 34.8 Å². The first-order valence-electron chi connectivity index (χ1n) is 4.28. The average Bonchev–Trinajstić information content (AvgIpc) is 2.12. The van der Waals surface area contributed by atoms with E-state index in [9.17, 15) is 0 Å². The smallest absolute Gasteiger partial charge is 0.229 e. The van der Waals surface area contributed by atoms with Gasteiger partial charge < -0.3 is 0 Å². The number of aliphatic imine (C=N–C) groups is 1. The molecule has 0 fully saturated rings. The second kappa shape index (κ2) is 4.70. The Morgan fingerprint density at radius 1 is 1.19 bits per heavy atom. The van der Waals surface area contributed by atoms with Gasteiger partial charge in [-0.2, -0.15) is 0 Å². The average molecular weight is 281 g/mol. The van der Waals surface area contributed by atoms with Crippen LogP contribution in [0.2, 0.25) is 0 Å². The summed E-state index contributed by atoms with van der Waals surface area (Å²) in [6.45, 7) is 0. The molecule has 0 radical (unpaired) electrons. The summed E-state index contributed by atoms with van der Waals surface area (Å²) in [7, 11) is 5.53. The van der Waals surface area contributed by atoms with E-state index in [0.717, 1.165) is 0 Å². The third-order valence-electron chi connectivity index (χ3n) is 1.54. The van der Waals surface area contributed by atoms with Crippen LogP contribution in [0.5, 0.6) is 0 Å². The number of allylic oxidation sites excluding steroid dienone is 2. The number of dihydropyridines is 1. The van der Waals surface area contributed by atoms with Gasteiger partial charge in [-0.15, -0.1) is 0 Å². The van der Waals surface area contributed by atoms with Crippen molar-refractivity contribution in [3.8, 4) is 0 Å². The van der Waals surface area contributed by atoms with E-state index in [2.05, 4.69) is 16.0 Å². The van der Waals surface area contributed by atoms with Gasteiger partial charge in [0.05, 0.1) is 31.7 Å². The van der Waals surface area contributed by atoms with Crippen LogP contribution in [0.25, 0.3) is 0 Å². The highest BCUT2D eigenvalue weighted by molar-refractivity contribution is 6.74. The Morgan fingerprint density at radius 2 is 1.75 bits per heavy atom. The third kappa shape index (κ3) is 2.94. The van der Waals surface area contributed by atoms with Gasteiger partial charge >= 0.3 is 0 Å². The molecule has 4 nitrogen and oxygen atoms in total. The molecule has 0 aromatic carbocycles. The molecule has 16 heavy (non-hydrogen) atoms. The molecule has 0 atom stereocenters. The Morgan fingerprint density at radius 3 is 2.19 bits per heavy atom. The zero-order chi connectivity index (χ0) is 12.5. The van der Waals surface area contributed by atoms with Crippen LogP contribution in [-0.2, 0) is 0 Å². The zero-order valence-electron chi connectivity index (χ0n) is 8.98. The minimum Gasteiger partial charge on any atom is -0.258 e. The highest BCUT2D eigenvalue weighted by Gasteiger charge is 2.25. The molecule has 0 saturated carbocycles. The Kier molecular flexibility index (Phi) is 3.94. The number of nitrogens with one attached hydrogen (secondary N) is 1. The highest BCUT2D eigenvalue weighted by atomic mass is 35.5. The van der Waals surface area contributed by atoms with E-state index in [0.29, 0.717) is 0 Å². The first-order chi connectivity index (χ1) is 7.26. The van der Waals surface area contributed by atoms with Crippen LogP contribution in [-0.4, -0.2) is 42.6 Å². The van der Waals surface area contributed by atoms with Crippen molar-refractivity contribution in [2.75, 3.05) is 21.1 Å². The Balaban J connectivity index is 3.35. The molecule has 0 saturated heterocycles. The number of amidine groups is 1. The molecule has 1 heterocycles. The number of rotatable bonds is 1. The minimum absolute atomic E-state index is 0.0663. The van der Waals surface area contributed by atoms with E-state index < -0.39 is 0 Å². The van der Waals surface area contributed by atoms with Crippen molar-refractivity contribution in [2.24, 2.45) is 10.1 Å². The first-order valence-corrected chi connectivity index (χ1v) is 5.41.